The maximum Gasteiger partial charge on any atom is 0.220 e. The molecule has 0 bridgehead atoms. The van der Waals surface area contributed by atoms with Crippen molar-refractivity contribution >= 4 is 5.91 Å². The van der Waals surface area contributed by atoms with Crippen LogP contribution in [-0.2, 0) is 4.79 Å². The van der Waals surface area contributed by atoms with E-state index in [1.54, 1.807) is 6.92 Å². The molecule has 0 aromatic rings. The molecule has 52 valence electrons. The second kappa shape index (κ2) is 2.35. The molecule has 0 radical (unpaired) electrons. The Balaban J connectivity index is 2.39. The summed E-state index contributed by atoms with van der Waals surface area (Å²) < 4.78 is 0. The Morgan fingerprint density at radius 2 is 2.56 bits per heavy atom. The fraction of sp³-hybridized carbons (Fsp3) is 0.833. The van der Waals surface area contributed by atoms with E-state index < -0.39 is 6.10 Å². The number of nitrogens with one attached hydrogen (secondary N) is 1. The quantitative estimate of drug-likeness (QED) is 0.508. The minimum absolute atomic E-state index is 0.00231. The molecule has 1 rings (SSSR count). The van der Waals surface area contributed by atoms with Crippen LogP contribution < -0.4 is 5.32 Å². The van der Waals surface area contributed by atoms with Gasteiger partial charge in [-0.3, -0.25) is 4.79 Å². The smallest absolute Gasteiger partial charge is 0.220 e. The average Bonchev–Trinajstić information content (AvgIpc) is 2.14. The number of amides is 1. The molecule has 1 saturated heterocycles. The third-order valence-corrected chi connectivity index (χ3v) is 1.61. The number of hydrogen-bond donors (Lipinski definition) is 2. The van der Waals surface area contributed by atoms with Gasteiger partial charge in [0.1, 0.15) is 0 Å². The molecule has 0 aliphatic carbocycles. The number of rotatable bonds is 1. The molecular formula is C6H11NO2. The van der Waals surface area contributed by atoms with Crippen LogP contribution in [0.4, 0.5) is 0 Å². The zero-order valence-corrected chi connectivity index (χ0v) is 5.42. The summed E-state index contributed by atoms with van der Waals surface area (Å²) in [5.41, 5.74) is 0. The molecule has 0 aromatic heterocycles. The van der Waals surface area contributed by atoms with Crippen LogP contribution in [-0.4, -0.2) is 23.2 Å². The van der Waals surface area contributed by atoms with Crippen molar-refractivity contribution < 1.29 is 9.90 Å². The lowest BCUT2D eigenvalue weighted by Gasteiger charge is -2.11. The van der Waals surface area contributed by atoms with Crippen molar-refractivity contribution in [1.29, 1.82) is 0 Å². The van der Waals surface area contributed by atoms with Crippen molar-refractivity contribution in [2.24, 2.45) is 0 Å². The third kappa shape index (κ3) is 1.42. The topological polar surface area (TPSA) is 49.3 Å². The molecule has 1 heterocycles. The Morgan fingerprint density at radius 1 is 1.89 bits per heavy atom. The van der Waals surface area contributed by atoms with Crippen molar-refractivity contribution in [3.8, 4) is 0 Å². The van der Waals surface area contributed by atoms with Crippen LogP contribution in [0.2, 0.25) is 0 Å². The lowest BCUT2D eigenvalue weighted by atomic mass is 10.1. The minimum atomic E-state index is -0.406. The van der Waals surface area contributed by atoms with E-state index in [0.29, 0.717) is 6.42 Å². The van der Waals surface area contributed by atoms with Crippen LogP contribution in [0.1, 0.15) is 19.8 Å². The Kier molecular flexibility index (Phi) is 1.71. The van der Waals surface area contributed by atoms with Crippen molar-refractivity contribution in [3.63, 3.8) is 0 Å². The molecular weight excluding hydrogens is 118 g/mol. The second-order valence-electron chi connectivity index (χ2n) is 2.45. The molecule has 3 heteroatoms. The maximum atomic E-state index is 10.5. The highest BCUT2D eigenvalue weighted by Crippen LogP contribution is 2.09. The van der Waals surface area contributed by atoms with Crippen LogP contribution in [0, 0.1) is 0 Å². The van der Waals surface area contributed by atoms with E-state index in [0.717, 1.165) is 6.42 Å². The van der Waals surface area contributed by atoms with E-state index in [2.05, 4.69) is 5.32 Å². The van der Waals surface area contributed by atoms with E-state index in [-0.39, 0.29) is 11.9 Å². The van der Waals surface area contributed by atoms with Gasteiger partial charge in [-0.2, -0.15) is 0 Å². The summed E-state index contributed by atoms with van der Waals surface area (Å²) in [6.07, 6.45) is 0.933. The van der Waals surface area contributed by atoms with Gasteiger partial charge in [-0.1, -0.05) is 0 Å². The monoisotopic (exact) mass is 129 g/mol. The fourth-order valence-electron chi connectivity index (χ4n) is 1.000. The van der Waals surface area contributed by atoms with Crippen LogP contribution >= 0.6 is 0 Å². The van der Waals surface area contributed by atoms with Gasteiger partial charge in [0.15, 0.2) is 0 Å². The highest BCUT2D eigenvalue weighted by Gasteiger charge is 2.23. The summed E-state index contributed by atoms with van der Waals surface area (Å²) in [6.45, 7) is 1.69. The molecule has 0 aromatic carbocycles. The molecule has 1 unspecified atom stereocenters. The molecule has 9 heavy (non-hydrogen) atoms. The van der Waals surface area contributed by atoms with Crippen LogP contribution in [0.15, 0.2) is 0 Å². The zero-order chi connectivity index (χ0) is 6.85. The average molecular weight is 129 g/mol. The van der Waals surface area contributed by atoms with Gasteiger partial charge >= 0.3 is 0 Å². The summed E-state index contributed by atoms with van der Waals surface area (Å²) in [5.74, 6) is 0.0564. The van der Waals surface area contributed by atoms with Gasteiger partial charge in [-0.15, -0.1) is 0 Å². The Morgan fingerprint density at radius 3 is 2.78 bits per heavy atom. The number of aliphatic hydroxyl groups is 1. The molecule has 1 amide bonds. The van der Waals surface area contributed by atoms with Crippen molar-refractivity contribution in [3.05, 3.63) is 0 Å². The minimum Gasteiger partial charge on any atom is -0.391 e. The summed E-state index contributed by atoms with van der Waals surface area (Å²) in [6, 6.07) is -0.00231. The van der Waals surface area contributed by atoms with Gasteiger partial charge in [0.25, 0.3) is 0 Å². The first kappa shape index (κ1) is 6.55. The third-order valence-electron chi connectivity index (χ3n) is 1.61. The summed E-state index contributed by atoms with van der Waals surface area (Å²) >= 11 is 0. The Bertz CT molecular complexity index is 122. The first-order chi connectivity index (χ1) is 4.20. The van der Waals surface area contributed by atoms with Gasteiger partial charge < -0.3 is 10.4 Å². The SMILES string of the molecule is CC(O)[C@@H]1CCC(=O)N1. The molecule has 2 atom stereocenters. The highest BCUT2D eigenvalue weighted by atomic mass is 16.3. The zero-order valence-electron chi connectivity index (χ0n) is 5.42. The van der Waals surface area contributed by atoms with Crippen LogP contribution in [0.3, 0.4) is 0 Å². The summed E-state index contributed by atoms with van der Waals surface area (Å²) in [4.78, 5) is 10.5. The lowest BCUT2D eigenvalue weighted by molar-refractivity contribution is -0.119. The summed E-state index contributed by atoms with van der Waals surface area (Å²) in [7, 11) is 0. The van der Waals surface area contributed by atoms with E-state index >= 15 is 0 Å². The van der Waals surface area contributed by atoms with Crippen molar-refractivity contribution in [2.75, 3.05) is 0 Å². The molecule has 2 N–H and O–H groups in total. The highest BCUT2D eigenvalue weighted by molar-refractivity contribution is 5.78. The standard InChI is InChI=1S/C6H11NO2/c1-4(8)5-2-3-6(9)7-5/h4-5,8H,2-3H2,1H3,(H,7,9)/t4?,5-/m0/s1. The van der Waals surface area contributed by atoms with Gasteiger partial charge in [-0.25, -0.2) is 0 Å². The van der Waals surface area contributed by atoms with Gasteiger partial charge in [0.2, 0.25) is 5.91 Å². The van der Waals surface area contributed by atoms with E-state index in [9.17, 15) is 4.79 Å². The predicted molar refractivity (Wildman–Crippen MR) is 32.8 cm³/mol. The van der Waals surface area contributed by atoms with E-state index in [1.807, 2.05) is 0 Å². The number of aliphatic hydroxyl groups excluding tert-OH is 1. The van der Waals surface area contributed by atoms with Crippen molar-refractivity contribution in [1.82, 2.24) is 5.32 Å². The fourth-order valence-corrected chi connectivity index (χ4v) is 1.000. The first-order valence-corrected chi connectivity index (χ1v) is 3.17. The van der Waals surface area contributed by atoms with Crippen LogP contribution in [0.25, 0.3) is 0 Å². The number of carbonyl (C=O) groups excluding carboxylic acids is 1. The van der Waals surface area contributed by atoms with Crippen LogP contribution in [0.5, 0.6) is 0 Å². The molecule has 1 fully saturated rings. The normalized spacial score (nSPS) is 30.0. The summed E-state index contributed by atoms with van der Waals surface area (Å²) in [5, 5.41) is 11.6. The first-order valence-electron chi connectivity index (χ1n) is 3.17. The van der Waals surface area contributed by atoms with Gasteiger partial charge in [0, 0.05) is 6.42 Å². The maximum absolute atomic E-state index is 10.5. The molecule has 1 aliphatic rings. The second-order valence-corrected chi connectivity index (χ2v) is 2.45. The largest absolute Gasteiger partial charge is 0.391 e. The molecule has 3 nitrogen and oxygen atoms in total. The Labute approximate surface area is 54.1 Å². The van der Waals surface area contributed by atoms with Crippen molar-refractivity contribution in [2.45, 2.75) is 31.9 Å². The van der Waals surface area contributed by atoms with Gasteiger partial charge in [0.05, 0.1) is 12.1 Å². The van der Waals surface area contributed by atoms with E-state index in [4.69, 9.17) is 5.11 Å². The number of carbonyl (C=O) groups is 1. The lowest BCUT2D eigenvalue weighted by Crippen LogP contribution is -2.34. The van der Waals surface area contributed by atoms with Gasteiger partial charge in [-0.05, 0) is 13.3 Å². The number of hydrogen-bond acceptors (Lipinski definition) is 2. The molecule has 0 saturated carbocycles. The Hall–Kier alpha value is -0.570. The van der Waals surface area contributed by atoms with E-state index in [1.165, 1.54) is 0 Å². The molecule has 0 spiro atoms. The predicted octanol–water partition coefficient (Wildman–Crippen LogP) is -0.354. The molecule has 1 aliphatic heterocycles.